The summed E-state index contributed by atoms with van der Waals surface area (Å²) in [5.74, 6) is -0.841. The number of ketones is 1. The third-order valence-electron chi connectivity index (χ3n) is 3.16. The molecule has 0 N–H and O–H groups in total. The number of esters is 1. The van der Waals surface area contributed by atoms with Gasteiger partial charge in [0.25, 0.3) is 0 Å². The number of benzene rings is 2. The molecule has 0 heterocycles. The van der Waals surface area contributed by atoms with Crippen molar-refractivity contribution in [1.82, 2.24) is 0 Å². The van der Waals surface area contributed by atoms with Gasteiger partial charge in [-0.3, -0.25) is 4.79 Å². The molecule has 4 nitrogen and oxygen atoms in total. The number of unbranched alkanes of at least 4 members (excludes halogenated alkanes) is 1. The van der Waals surface area contributed by atoms with Crippen LogP contribution in [0.15, 0.2) is 48.5 Å². The van der Waals surface area contributed by atoms with E-state index in [1.54, 1.807) is 48.5 Å². The summed E-state index contributed by atoms with van der Waals surface area (Å²) in [6.45, 7) is 0.149. The highest BCUT2D eigenvalue weighted by Gasteiger charge is 2.18. The lowest BCUT2D eigenvalue weighted by Gasteiger charge is -2.09. The van der Waals surface area contributed by atoms with Crippen molar-refractivity contribution in [2.45, 2.75) is 12.8 Å². The van der Waals surface area contributed by atoms with Crippen molar-refractivity contribution in [3.63, 3.8) is 0 Å². The Bertz CT molecular complexity index is 748. The Kier molecular flexibility index (Phi) is 5.90. The van der Waals surface area contributed by atoms with Gasteiger partial charge in [-0.25, -0.2) is 4.79 Å². The van der Waals surface area contributed by atoms with Gasteiger partial charge in [0.2, 0.25) is 0 Å². The summed E-state index contributed by atoms with van der Waals surface area (Å²) >= 11 is 5.82. The molecule has 0 saturated heterocycles. The van der Waals surface area contributed by atoms with E-state index in [2.05, 4.69) is 0 Å². The van der Waals surface area contributed by atoms with Gasteiger partial charge < -0.3 is 4.74 Å². The maximum absolute atomic E-state index is 12.6. The Labute approximate surface area is 139 Å². The smallest absolute Gasteiger partial charge is 0.338 e. The van der Waals surface area contributed by atoms with E-state index in [0.717, 1.165) is 0 Å². The van der Waals surface area contributed by atoms with Crippen LogP contribution < -0.4 is 0 Å². The molecule has 116 valence electrons. The number of hydrogen-bond acceptors (Lipinski definition) is 4. The molecular weight excluding hydrogens is 314 g/mol. The topological polar surface area (TPSA) is 67.2 Å². The van der Waals surface area contributed by atoms with Gasteiger partial charge in [-0.05, 0) is 36.8 Å². The van der Waals surface area contributed by atoms with Crippen LogP contribution in [0.4, 0.5) is 0 Å². The summed E-state index contributed by atoms with van der Waals surface area (Å²) < 4.78 is 5.11. The predicted molar refractivity (Wildman–Crippen MR) is 86.5 cm³/mol. The van der Waals surface area contributed by atoms with E-state index in [1.165, 1.54) is 0 Å². The summed E-state index contributed by atoms with van der Waals surface area (Å²) in [5, 5.41) is 9.00. The van der Waals surface area contributed by atoms with Gasteiger partial charge >= 0.3 is 5.97 Å². The van der Waals surface area contributed by atoms with Gasteiger partial charge in [0, 0.05) is 22.6 Å². The van der Waals surface area contributed by atoms with Crippen molar-refractivity contribution in [2.24, 2.45) is 0 Å². The Morgan fingerprint density at radius 1 is 1.04 bits per heavy atom. The quantitative estimate of drug-likeness (QED) is 0.456. The highest BCUT2D eigenvalue weighted by atomic mass is 35.5. The van der Waals surface area contributed by atoms with E-state index in [1.807, 2.05) is 6.07 Å². The molecule has 0 amide bonds. The van der Waals surface area contributed by atoms with Crippen LogP contribution in [-0.2, 0) is 4.74 Å². The molecule has 0 spiro atoms. The minimum atomic E-state index is -0.569. The SMILES string of the molecule is N#CCCCOC(=O)c1ccccc1C(=O)c1ccc(Cl)cc1. The molecule has 2 aromatic carbocycles. The number of nitrogens with zero attached hydrogens (tertiary/aromatic N) is 1. The summed E-state index contributed by atoms with van der Waals surface area (Å²) in [5.41, 5.74) is 0.934. The first-order chi connectivity index (χ1) is 11.1. The molecule has 0 aromatic heterocycles. The molecule has 0 unspecified atom stereocenters. The van der Waals surface area contributed by atoms with Gasteiger partial charge in [-0.15, -0.1) is 0 Å². The van der Waals surface area contributed by atoms with Crippen LogP contribution in [0.1, 0.15) is 39.1 Å². The largest absolute Gasteiger partial charge is 0.462 e. The molecular formula is C18H14ClNO3. The van der Waals surface area contributed by atoms with E-state index < -0.39 is 5.97 Å². The molecule has 2 aromatic rings. The minimum Gasteiger partial charge on any atom is -0.462 e. The number of ether oxygens (including phenoxy) is 1. The number of nitriles is 1. The van der Waals surface area contributed by atoms with Crippen molar-refractivity contribution < 1.29 is 14.3 Å². The lowest BCUT2D eigenvalue weighted by molar-refractivity contribution is 0.0499. The molecule has 23 heavy (non-hydrogen) atoms. The zero-order chi connectivity index (χ0) is 16.7. The second-order valence-corrected chi connectivity index (χ2v) is 5.22. The molecule has 5 heteroatoms. The van der Waals surface area contributed by atoms with Crippen molar-refractivity contribution >= 4 is 23.4 Å². The molecule has 0 aliphatic carbocycles. The van der Waals surface area contributed by atoms with Gasteiger partial charge in [0.1, 0.15) is 0 Å². The summed E-state index contributed by atoms with van der Waals surface area (Å²) in [4.78, 5) is 24.7. The first-order valence-electron chi connectivity index (χ1n) is 7.07. The average molecular weight is 328 g/mol. The monoisotopic (exact) mass is 327 g/mol. The van der Waals surface area contributed by atoms with Gasteiger partial charge in [-0.1, -0.05) is 29.8 Å². The van der Waals surface area contributed by atoms with Crippen LogP contribution in [0.2, 0.25) is 5.02 Å². The normalized spacial score (nSPS) is 9.91. The third kappa shape index (κ3) is 4.41. The summed E-state index contributed by atoms with van der Waals surface area (Å²) in [7, 11) is 0. The second kappa shape index (κ2) is 8.11. The number of hydrogen-bond donors (Lipinski definition) is 0. The lowest BCUT2D eigenvalue weighted by atomic mass is 9.98. The predicted octanol–water partition coefficient (Wildman–Crippen LogP) is 4.03. The number of carbonyl (C=O) groups is 2. The maximum atomic E-state index is 12.6. The highest BCUT2D eigenvalue weighted by molar-refractivity contribution is 6.30. The zero-order valence-electron chi connectivity index (χ0n) is 12.3. The van der Waals surface area contributed by atoms with E-state index in [0.29, 0.717) is 23.4 Å². The molecule has 0 saturated carbocycles. The van der Waals surface area contributed by atoms with Crippen LogP contribution >= 0.6 is 11.6 Å². The number of carbonyl (C=O) groups excluding carboxylic acids is 2. The van der Waals surface area contributed by atoms with E-state index in [4.69, 9.17) is 21.6 Å². The molecule has 0 bridgehead atoms. The molecule has 0 radical (unpaired) electrons. The Hall–Kier alpha value is -2.64. The second-order valence-electron chi connectivity index (χ2n) is 4.78. The van der Waals surface area contributed by atoms with Crippen molar-refractivity contribution in [3.8, 4) is 6.07 Å². The standard InChI is InChI=1S/C18H14ClNO3/c19-14-9-7-13(8-10-14)17(21)15-5-1-2-6-16(15)18(22)23-12-4-3-11-20/h1-2,5-10H,3-4,12H2. The van der Waals surface area contributed by atoms with Crippen LogP contribution in [0.3, 0.4) is 0 Å². The Morgan fingerprint density at radius 2 is 1.70 bits per heavy atom. The summed E-state index contributed by atoms with van der Waals surface area (Å²) in [6, 6.07) is 14.9. The summed E-state index contributed by atoms with van der Waals surface area (Å²) in [6.07, 6.45) is 0.786. The molecule has 0 aliphatic rings. The first-order valence-corrected chi connectivity index (χ1v) is 7.44. The number of halogens is 1. The molecule has 2 rings (SSSR count). The van der Waals surface area contributed by atoms with Crippen molar-refractivity contribution in [3.05, 3.63) is 70.2 Å². The van der Waals surface area contributed by atoms with E-state index in [9.17, 15) is 9.59 Å². The third-order valence-corrected chi connectivity index (χ3v) is 3.42. The van der Waals surface area contributed by atoms with E-state index in [-0.39, 0.29) is 23.5 Å². The first kappa shape index (κ1) is 16.7. The zero-order valence-corrected chi connectivity index (χ0v) is 13.0. The fourth-order valence-corrected chi connectivity index (χ4v) is 2.14. The molecule has 0 atom stereocenters. The average Bonchev–Trinajstić information content (AvgIpc) is 2.58. The maximum Gasteiger partial charge on any atom is 0.338 e. The van der Waals surface area contributed by atoms with Crippen LogP contribution in [-0.4, -0.2) is 18.4 Å². The lowest BCUT2D eigenvalue weighted by Crippen LogP contribution is -2.13. The van der Waals surface area contributed by atoms with Gasteiger partial charge in [-0.2, -0.15) is 5.26 Å². The van der Waals surface area contributed by atoms with Gasteiger partial charge in [0.15, 0.2) is 5.78 Å². The fraction of sp³-hybridized carbons (Fsp3) is 0.167. The Balaban J connectivity index is 2.20. The van der Waals surface area contributed by atoms with Crippen LogP contribution in [0, 0.1) is 11.3 Å². The van der Waals surface area contributed by atoms with Crippen LogP contribution in [0.25, 0.3) is 0 Å². The van der Waals surface area contributed by atoms with Crippen LogP contribution in [0.5, 0.6) is 0 Å². The van der Waals surface area contributed by atoms with Crippen molar-refractivity contribution in [1.29, 1.82) is 5.26 Å². The number of rotatable bonds is 6. The molecule has 0 aliphatic heterocycles. The fourth-order valence-electron chi connectivity index (χ4n) is 2.01. The Morgan fingerprint density at radius 3 is 2.35 bits per heavy atom. The van der Waals surface area contributed by atoms with Crippen molar-refractivity contribution in [2.75, 3.05) is 6.61 Å². The highest BCUT2D eigenvalue weighted by Crippen LogP contribution is 2.18. The van der Waals surface area contributed by atoms with Gasteiger partial charge in [0.05, 0.1) is 18.2 Å². The minimum absolute atomic E-state index is 0.149. The molecule has 0 fully saturated rings. The van der Waals surface area contributed by atoms with E-state index >= 15 is 0 Å².